The summed E-state index contributed by atoms with van der Waals surface area (Å²) >= 11 is 3.58. The van der Waals surface area contributed by atoms with Gasteiger partial charge >= 0.3 is 0 Å². The van der Waals surface area contributed by atoms with Crippen LogP contribution < -0.4 is 16.4 Å². The highest BCUT2D eigenvalue weighted by Crippen LogP contribution is 2.40. The molecule has 26 heavy (non-hydrogen) atoms. The average molecular weight is 416 g/mol. The molecule has 1 spiro atoms. The number of aryl methyl sites for hydroxylation is 1. The van der Waals surface area contributed by atoms with Gasteiger partial charge in [0.15, 0.2) is 0 Å². The van der Waals surface area contributed by atoms with Gasteiger partial charge in [-0.05, 0) is 53.7 Å². The molecule has 1 aliphatic heterocycles. The van der Waals surface area contributed by atoms with Gasteiger partial charge < -0.3 is 11.5 Å². The highest BCUT2D eigenvalue weighted by molar-refractivity contribution is 9.10. The van der Waals surface area contributed by atoms with Gasteiger partial charge in [0.05, 0.1) is 4.47 Å². The summed E-state index contributed by atoms with van der Waals surface area (Å²) in [7, 11) is 1.90. The van der Waals surface area contributed by atoms with Crippen molar-refractivity contribution in [1.82, 2.24) is 9.78 Å². The van der Waals surface area contributed by atoms with Crippen molar-refractivity contribution in [2.45, 2.75) is 37.8 Å². The van der Waals surface area contributed by atoms with Crippen LogP contribution in [0.15, 0.2) is 44.9 Å². The monoisotopic (exact) mass is 415 g/mol. The fourth-order valence-electron chi connectivity index (χ4n) is 3.94. The predicted octanol–water partition coefficient (Wildman–Crippen LogP) is 2.96. The van der Waals surface area contributed by atoms with E-state index in [2.05, 4.69) is 32.1 Å². The molecular formula is C18H22BrN7. The summed E-state index contributed by atoms with van der Waals surface area (Å²) in [6.45, 7) is 0. The Morgan fingerprint density at radius 1 is 1.15 bits per heavy atom. The molecule has 2 heterocycles. The van der Waals surface area contributed by atoms with Crippen molar-refractivity contribution < 1.29 is 0 Å². The first kappa shape index (κ1) is 17.1. The molecule has 136 valence electrons. The minimum absolute atomic E-state index is 0.268. The van der Waals surface area contributed by atoms with Crippen molar-refractivity contribution in [3.63, 3.8) is 0 Å². The fourth-order valence-corrected chi connectivity index (χ4v) is 4.55. The zero-order chi connectivity index (χ0) is 18.3. The first-order valence-electron chi connectivity index (χ1n) is 8.78. The van der Waals surface area contributed by atoms with Crippen LogP contribution in [0.25, 0.3) is 11.3 Å². The normalized spacial score (nSPS) is 19.4. The number of hydrogen-bond acceptors (Lipinski definition) is 6. The Labute approximate surface area is 160 Å². The Kier molecular flexibility index (Phi) is 4.22. The molecule has 4 N–H and O–H groups in total. The molecule has 0 atom stereocenters. The van der Waals surface area contributed by atoms with Crippen molar-refractivity contribution >= 4 is 33.5 Å². The van der Waals surface area contributed by atoms with E-state index >= 15 is 0 Å². The number of rotatable bonds is 2. The van der Waals surface area contributed by atoms with Crippen molar-refractivity contribution in [2.24, 2.45) is 28.5 Å². The molecule has 1 fully saturated rings. The van der Waals surface area contributed by atoms with Crippen LogP contribution in [0.3, 0.4) is 0 Å². The lowest BCUT2D eigenvalue weighted by Crippen LogP contribution is -2.58. The summed E-state index contributed by atoms with van der Waals surface area (Å²) < 4.78 is 2.74. The van der Waals surface area contributed by atoms with Crippen LogP contribution in [-0.4, -0.2) is 27.4 Å². The second-order valence-electron chi connectivity index (χ2n) is 6.87. The van der Waals surface area contributed by atoms with E-state index in [1.165, 1.54) is 6.42 Å². The van der Waals surface area contributed by atoms with Crippen molar-refractivity contribution in [2.75, 3.05) is 4.90 Å². The van der Waals surface area contributed by atoms with Crippen molar-refractivity contribution in [3.05, 3.63) is 34.9 Å². The Hall–Kier alpha value is -2.35. The maximum Gasteiger partial charge on any atom is 0.220 e. The molecule has 1 saturated carbocycles. The second kappa shape index (κ2) is 6.42. The molecule has 2 aliphatic rings. The zero-order valence-electron chi connectivity index (χ0n) is 14.7. The molecule has 1 aromatic carbocycles. The quantitative estimate of drug-likeness (QED) is 0.787. The third-order valence-corrected chi connectivity index (χ3v) is 5.59. The molecular weight excluding hydrogens is 394 g/mol. The second-order valence-corrected chi connectivity index (χ2v) is 7.72. The topological polar surface area (TPSA) is 97.8 Å². The smallest absolute Gasteiger partial charge is 0.220 e. The van der Waals surface area contributed by atoms with Crippen LogP contribution in [0, 0.1) is 0 Å². The Balaban J connectivity index is 1.79. The first-order chi connectivity index (χ1) is 12.5. The minimum atomic E-state index is -0.436. The van der Waals surface area contributed by atoms with E-state index in [1.54, 1.807) is 4.68 Å². The van der Waals surface area contributed by atoms with Gasteiger partial charge in [0, 0.05) is 24.5 Å². The first-order valence-corrected chi connectivity index (χ1v) is 9.57. The van der Waals surface area contributed by atoms with Gasteiger partial charge in [0.2, 0.25) is 11.9 Å². The lowest BCUT2D eigenvalue weighted by atomic mass is 9.87. The van der Waals surface area contributed by atoms with Gasteiger partial charge in [-0.15, -0.1) is 0 Å². The van der Waals surface area contributed by atoms with Gasteiger partial charge in [-0.25, -0.2) is 4.99 Å². The molecule has 0 radical (unpaired) electrons. The average Bonchev–Trinajstić information content (AvgIpc) is 2.93. The molecule has 1 aromatic heterocycles. The number of guanidine groups is 2. The van der Waals surface area contributed by atoms with E-state index in [0.717, 1.165) is 47.1 Å². The fraction of sp³-hybridized carbons (Fsp3) is 0.389. The van der Waals surface area contributed by atoms with E-state index in [9.17, 15) is 0 Å². The maximum absolute atomic E-state index is 6.32. The summed E-state index contributed by atoms with van der Waals surface area (Å²) in [6, 6.07) is 8.18. The summed E-state index contributed by atoms with van der Waals surface area (Å²) in [5.74, 6) is 0.668. The number of benzene rings is 1. The summed E-state index contributed by atoms with van der Waals surface area (Å²) in [6.07, 6.45) is 7.19. The highest BCUT2D eigenvalue weighted by Gasteiger charge is 2.42. The van der Waals surface area contributed by atoms with Crippen LogP contribution in [0.5, 0.6) is 0 Å². The lowest BCUT2D eigenvalue weighted by Gasteiger charge is -2.45. The molecule has 4 rings (SSSR count). The number of anilines is 1. The zero-order valence-corrected chi connectivity index (χ0v) is 16.3. The van der Waals surface area contributed by atoms with Crippen LogP contribution in [0.2, 0.25) is 0 Å². The van der Waals surface area contributed by atoms with Crippen molar-refractivity contribution in [3.8, 4) is 11.3 Å². The minimum Gasteiger partial charge on any atom is -0.369 e. The Bertz CT molecular complexity index is 893. The van der Waals surface area contributed by atoms with E-state index < -0.39 is 5.66 Å². The van der Waals surface area contributed by atoms with Crippen LogP contribution in [0.4, 0.5) is 5.69 Å². The highest BCUT2D eigenvalue weighted by atomic mass is 79.9. The number of aliphatic imine (C=N–C) groups is 2. The SMILES string of the molecule is Cn1cc(Br)c(-c2cccc(N3C(N)=NC(N)=NC34CCCCC4)c2)n1. The predicted molar refractivity (Wildman–Crippen MR) is 108 cm³/mol. The Morgan fingerprint density at radius 2 is 1.92 bits per heavy atom. The molecule has 1 aliphatic carbocycles. The van der Waals surface area contributed by atoms with E-state index in [1.807, 2.05) is 36.3 Å². The molecule has 0 saturated heterocycles. The standard InChI is InChI=1S/C18H22BrN7/c1-25-11-14(19)15(24-25)12-6-5-7-13(10-12)26-17(21)22-16(20)23-18(26)8-3-2-4-9-18/h5-7,10-11H,2-4,8-9H2,1H3,(H4,20,21,22,23). The third-order valence-electron chi connectivity index (χ3n) is 5.01. The van der Waals surface area contributed by atoms with Crippen LogP contribution in [0.1, 0.15) is 32.1 Å². The number of nitrogens with two attached hydrogens (primary N) is 2. The number of nitrogens with zero attached hydrogens (tertiary/aromatic N) is 5. The third kappa shape index (κ3) is 2.88. The maximum atomic E-state index is 6.32. The van der Waals surface area contributed by atoms with E-state index in [4.69, 9.17) is 16.5 Å². The van der Waals surface area contributed by atoms with E-state index in [-0.39, 0.29) is 5.96 Å². The van der Waals surface area contributed by atoms with Gasteiger partial charge in [-0.3, -0.25) is 9.58 Å². The number of hydrogen-bond donors (Lipinski definition) is 2. The molecule has 8 heteroatoms. The number of halogens is 1. The number of aromatic nitrogens is 2. The molecule has 0 bridgehead atoms. The van der Waals surface area contributed by atoms with Crippen LogP contribution in [-0.2, 0) is 7.05 Å². The molecule has 0 unspecified atom stereocenters. The molecule has 7 nitrogen and oxygen atoms in total. The molecule has 2 aromatic rings. The van der Waals surface area contributed by atoms with Gasteiger partial charge in [-0.1, -0.05) is 18.6 Å². The van der Waals surface area contributed by atoms with Crippen molar-refractivity contribution in [1.29, 1.82) is 0 Å². The Morgan fingerprint density at radius 3 is 2.62 bits per heavy atom. The lowest BCUT2D eigenvalue weighted by molar-refractivity contribution is 0.305. The van der Waals surface area contributed by atoms with Gasteiger partial charge in [0.1, 0.15) is 11.4 Å². The van der Waals surface area contributed by atoms with Gasteiger partial charge in [0.25, 0.3) is 0 Å². The van der Waals surface area contributed by atoms with Gasteiger partial charge in [-0.2, -0.15) is 10.1 Å². The van der Waals surface area contributed by atoms with Crippen LogP contribution >= 0.6 is 15.9 Å². The summed E-state index contributed by atoms with van der Waals surface area (Å²) in [5.41, 5.74) is 14.7. The summed E-state index contributed by atoms with van der Waals surface area (Å²) in [4.78, 5) is 11.0. The molecule has 0 amide bonds. The summed E-state index contributed by atoms with van der Waals surface area (Å²) in [5, 5.41) is 4.54. The van der Waals surface area contributed by atoms with E-state index in [0.29, 0.717) is 5.96 Å². The largest absolute Gasteiger partial charge is 0.369 e.